The van der Waals surface area contributed by atoms with Gasteiger partial charge in [0.2, 0.25) is 0 Å². The number of anilines is 1. The smallest absolute Gasteiger partial charge is 0.163 e. The number of rotatable bonds is 4. The van der Waals surface area contributed by atoms with Gasteiger partial charge in [-0.2, -0.15) is 0 Å². The minimum absolute atomic E-state index is 0.715. The zero-order chi connectivity index (χ0) is 14.7. The molecule has 0 aliphatic carbocycles. The van der Waals surface area contributed by atoms with Crippen molar-refractivity contribution in [3.63, 3.8) is 0 Å². The Labute approximate surface area is 124 Å². The highest BCUT2D eigenvalue weighted by atomic mass is 15.1. The van der Waals surface area contributed by atoms with E-state index in [1.807, 2.05) is 18.3 Å². The first-order valence-corrected chi connectivity index (χ1v) is 7.25. The summed E-state index contributed by atoms with van der Waals surface area (Å²) in [5.74, 6) is 0.715. The van der Waals surface area contributed by atoms with E-state index >= 15 is 0 Å². The molecule has 0 unspecified atom stereocenters. The zero-order valence-corrected chi connectivity index (χ0v) is 12.3. The number of hydrogen-bond acceptors (Lipinski definition) is 4. The van der Waals surface area contributed by atoms with E-state index in [9.17, 15) is 0 Å². The van der Waals surface area contributed by atoms with Gasteiger partial charge in [0.1, 0.15) is 0 Å². The Morgan fingerprint density at radius 2 is 1.71 bits per heavy atom. The number of pyridine rings is 1. The van der Waals surface area contributed by atoms with Crippen LogP contribution in [0, 0.1) is 0 Å². The largest absolute Gasteiger partial charge is 0.372 e. The molecule has 4 nitrogen and oxygen atoms in total. The lowest BCUT2D eigenvalue weighted by Crippen LogP contribution is -2.21. The summed E-state index contributed by atoms with van der Waals surface area (Å²) in [5.41, 5.74) is 2.97. The second kappa shape index (κ2) is 5.87. The quantitative estimate of drug-likeness (QED) is 0.732. The third kappa shape index (κ3) is 2.70. The van der Waals surface area contributed by atoms with Crippen LogP contribution < -0.4 is 4.90 Å². The summed E-state index contributed by atoms with van der Waals surface area (Å²) in [6.07, 6.45) is 3.57. The number of aromatic nitrogens is 3. The van der Waals surface area contributed by atoms with Crippen molar-refractivity contribution in [2.75, 3.05) is 18.0 Å². The lowest BCUT2D eigenvalue weighted by Gasteiger charge is -2.20. The normalized spacial score (nSPS) is 10.8. The summed E-state index contributed by atoms with van der Waals surface area (Å²) >= 11 is 0. The van der Waals surface area contributed by atoms with Crippen LogP contribution in [0.2, 0.25) is 0 Å². The maximum Gasteiger partial charge on any atom is 0.163 e. The van der Waals surface area contributed by atoms with Crippen molar-refractivity contribution in [2.24, 2.45) is 0 Å². The first-order valence-electron chi connectivity index (χ1n) is 7.25. The number of fused-ring (bicyclic) bond motifs is 1. The summed E-state index contributed by atoms with van der Waals surface area (Å²) in [5, 5.41) is 0.959. The van der Waals surface area contributed by atoms with E-state index in [1.54, 1.807) is 6.20 Å². The van der Waals surface area contributed by atoms with Gasteiger partial charge in [-0.1, -0.05) is 0 Å². The van der Waals surface area contributed by atoms with Gasteiger partial charge in [-0.05, 0) is 50.2 Å². The van der Waals surface area contributed by atoms with Gasteiger partial charge in [0.05, 0.1) is 0 Å². The topological polar surface area (TPSA) is 41.9 Å². The summed E-state index contributed by atoms with van der Waals surface area (Å²) < 4.78 is 0. The Kier molecular flexibility index (Phi) is 3.77. The molecule has 1 aromatic carbocycles. The molecule has 3 rings (SSSR count). The monoisotopic (exact) mass is 278 g/mol. The first-order chi connectivity index (χ1) is 10.3. The predicted octanol–water partition coefficient (Wildman–Crippen LogP) is 3.54. The maximum absolute atomic E-state index is 4.52. The first kappa shape index (κ1) is 13.5. The molecule has 21 heavy (non-hydrogen) atoms. The summed E-state index contributed by atoms with van der Waals surface area (Å²) in [7, 11) is 0. The van der Waals surface area contributed by atoms with Gasteiger partial charge in [-0.25, -0.2) is 15.0 Å². The highest BCUT2D eigenvalue weighted by Gasteiger charge is 2.06. The van der Waals surface area contributed by atoms with E-state index in [0.29, 0.717) is 5.82 Å². The third-order valence-corrected chi connectivity index (χ3v) is 3.61. The van der Waals surface area contributed by atoms with Gasteiger partial charge in [0.25, 0.3) is 0 Å². The van der Waals surface area contributed by atoms with Crippen LogP contribution in [0.1, 0.15) is 13.8 Å². The maximum atomic E-state index is 4.52. The van der Waals surface area contributed by atoms with Gasteiger partial charge in [0.15, 0.2) is 11.5 Å². The summed E-state index contributed by atoms with van der Waals surface area (Å²) in [4.78, 5) is 15.5. The van der Waals surface area contributed by atoms with Crippen molar-refractivity contribution >= 4 is 16.7 Å². The van der Waals surface area contributed by atoms with E-state index in [2.05, 4.69) is 58.0 Å². The van der Waals surface area contributed by atoms with Crippen LogP contribution in [0.5, 0.6) is 0 Å². The van der Waals surface area contributed by atoms with Crippen LogP contribution in [0.15, 0.2) is 48.8 Å². The molecule has 0 atom stereocenters. The average Bonchev–Trinajstić information content (AvgIpc) is 2.56. The molecule has 4 heteroatoms. The standard InChI is InChI=1S/C17H18N4/c1-3-21(4-2)15-9-7-13(8-10-15)16-19-12-14-6-5-11-18-17(14)20-16/h5-12H,3-4H2,1-2H3. The molecule has 0 radical (unpaired) electrons. The van der Waals surface area contributed by atoms with E-state index < -0.39 is 0 Å². The number of hydrogen-bond donors (Lipinski definition) is 0. The molecule has 0 saturated carbocycles. The summed E-state index contributed by atoms with van der Waals surface area (Å²) in [6, 6.07) is 12.2. The molecule has 2 aromatic heterocycles. The lowest BCUT2D eigenvalue weighted by atomic mass is 10.1. The van der Waals surface area contributed by atoms with Gasteiger partial charge in [-0.15, -0.1) is 0 Å². The van der Waals surface area contributed by atoms with E-state index in [0.717, 1.165) is 29.7 Å². The molecule has 0 fully saturated rings. The van der Waals surface area contributed by atoms with E-state index in [1.165, 1.54) is 5.69 Å². The van der Waals surface area contributed by atoms with Gasteiger partial charge in [-0.3, -0.25) is 0 Å². The highest BCUT2D eigenvalue weighted by Crippen LogP contribution is 2.21. The zero-order valence-electron chi connectivity index (χ0n) is 12.3. The molecule has 0 bridgehead atoms. The molecule has 106 valence electrons. The second-order valence-electron chi connectivity index (χ2n) is 4.83. The van der Waals surface area contributed by atoms with Crippen LogP contribution in [0.3, 0.4) is 0 Å². The molecule has 0 amide bonds. The predicted molar refractivity (Wildman–Crippen MR) is 86.3 cm³/mol. The fourth-order valence-electron chi connectivity index (χ4n) is 2.41. The van der Waals surface area contributed by atoms with Gasteiger partial charge < -0.3 is 4.90 Å². The Bertz CT molecular complexity index is 733. The highest BCUT2D eigenvalue weighted by molar-refractivity contribution is 5.75. The van der Waals surface area contributed by atoms with Gasteiger partial charge >= 0.3 is 0 Å². The second-order valence-corrected chi connectivity index (χ2v) is 4.83. The fraction of sp³-hybridized carbons (Fsp3) is 0.235. The van der Waals surface area contributed by atoms with E-state index in [-0.39, 0.29) is 0 Å². The average molecular weight is 278 g/mol. The molecule has 0 saturated heterocycles. The lowest BCUT2D eigenvalue weighted by molar-refractivity contribution is 0.866. The molecule has 0 N–H and O–H groups in total. The Morgan fingerprint density at radius 1 is 0.952 bits per heavy atom. The summed E-state index contributed by atoms with van der Waals surface area (Å²) in [6.45, 7) is 6.34. The fourth-order valence-corrected chi connectivity index (χ4v) is 2.41. The molecular weight excluding hydrogens is 260 g/mol. The van der Waals surface area contributed by atoms with E-state index in [4.69, 9.17) is 0 Å². The molecule has 0 spiro atoms. The Balaban J connectivity index is 1.95. The van der Waals surface area contributed by atoms with Crippen LogP contribution in [-0.4, -0.2) is 28.0 Å². The number of nitrogens with zero attached hydrogens (tertiary/aromatic N) is 4. The van der Waals surface area contributed by atoms with Crippen molar-refractivity contribution in [1.82, 2.24) is 15.0 Å². The SMILES string of the molecule is CCN(CC)c1ccc(-c2ncc3cccnc3n2)cc1. The van der Waals surface area contributed by atoms with Crippen molar-refractivity contribution < 1.29 is 0 Å². The Morgan fingerprint density at radius 3 is 2.43 bits per heavy atom. The molecule has 2 heterocycles. The van der Waals surface area contributed by atoms with Crippen molar-refractivity contribution in [3.8, 4) is 11.4 Å². The molecule has 0 aliphatic heterocycles. The van der Waals surface area contributed by atoms with Gasteiger partial charge in [0, 0.05) is 42.1 Å². The van der Waals surface area contributed by atoms with Crippen molar-refractivity contribution in [2.45, 2.75) is 13.8 Å². The van der Waals surface area contributed by atoms with Crippen LogP contribution in [0.4, 0.5) is 5.69 Å². The molecule has 3 aromatic rings. The molecular formula is C17H18N4. The minimum Gasteiger partial charge on any atom is -0.372 e. The molecule has 0 aliphatic rings. The van der Waals surface area contributed by atoms with Crippen LogP contribution in [-0.2, 0) is 0 Å². The van der Waals surface area contributed by atoms with Crippen LogP contribution >= 0.6 is 0 Å². The minimum atomic E-state index is 0.715. The third-order valence-electron chi connectivity index (χ3n) is 3.61. The van der Waals surface area contributed by atoms with Crippen molar-refractivity contribution in [1.29, 1.82) is 0 Å². The van der Waals surface area contributed by atoms with Crippen LogP contribution in [0.25, 0.3) is 22.4 Å². The number of benzene rings is 1. The van der Waals surface area contributed by atoms with Crippen molar-refractivity contribution in [3.05, 3.63) is 48.8 Å². The Hall–Kier alpha value is -2.49.